The van der Waals surface area contributed by atoms with Crippen molar-refractivity contribution in [3.8, 4) is 0 Å². The molecular weight excluding hydrogens is 262 g/mol. The molecule has 0 bridgehead atoms. The minimum atomic E-state index is 0.0387. The molecule has 0 saturated carbocycles. The van der Waals surface area contributed by atoms with Gasteiger partial charge in [0, 0.05) is 19.1 Å². The van der Waals surface area contributed by atoms with Crippen LogP contribution in [0.1, 0.15) is 39.2 Å². The second-order valence-corrected chi connectivity index (χ2v) is 6.57. The number of benzene rings is 1. The predicted molar refractivity (Wildman–Crippen MR) is 86.7 cm³/mol. The molecule has 0 atom stereocenters. The molecule has 21 heavy (non-hydrogen) atoms. The van der Waals surface area contributed by atoms with E-state index in [9.17, 15) is 4.79 Å². The molecule has 0 aliphatic carbocycles. The lowest BCUT2D eigenvalue weighted by atomic mass is 10.0. The molecule has 3 rings (SSSR count). The normalized spacial score (nSPS) is 17.9. The van der Waals surface area contributed by atoms with Crippen LogP contribution in [0, 0.1) is 5.92 Å². The number of rotatable bonds is 4. The summed E-state index contributed by atoms with van der Waals surface area (Å²) in [5.74, 6) is 0.763. The second-order valence-electron chi connectivity index (χ2n) is 6.57. The maximum Gasteiger partial charge on any atom is 0.326 e. The van der Waals surface area contributed by atoms with Gasteiger partial charge in [-0.25, -0.2) is 4.79 Å². The Hall–Kier alpha value is -1.55. The van der Waals surface area contributed by atoms with E-state index in [2.05, 4.69) is 23.7 Å². The minimum absolute atomic E-state index is 0.0387. The number of para-hydroxylation sites is 2. The number of piperidine rings is 1. The standard InChI is InChI=1S/C17H25N3O/c1-13(2)7-10-19-11-8-14(9-12-19)20-16-6-4-3-5-15(16)18-17(20)21/h3-6,13-14H,7-12H2,1-2H3,(H,18,21). The zero-order valence-corrected chi connectivity index (χ0v) is 13.0. The molecule has 2 aromatic rings. The van der Waals surface area contributed by atoms with Crippen molar-refractivity contribution in [1.29, 1.82) is 0 Å². The Kier molecular flexibility index (Phi) is 4.15. The number of aromatic nitrogens is 2. The van der Waals surface area contributed by atoms with Crippen molar-refractivity contribution >= 4 is 11.0 Å². The Bertz CT molecular complexity index is 647. The maximum absolute atomic E-state index is 12.2. The number of hydrogen-bond acceptors (Lipinski definition) is 2. The average Bonchev–Trinajstić information content (AvgIpc) is 2.81. The van der Waals surface area contributed by atoms with Crippen molar-refractivity contribution in [2.45, 2.75) is 39.2 Å². The fourth-order valence-corrected chi connectivity index (χ4v) is 3.28. The first-order valence-electron chi connectivity index (χ1n) is 8.07. The third-order valence-corrected chi connectivity index (χ3v) is 4.57. The highest BCUT2D eigenvalue weighted by molar-refractivity contribution is 5.75. The summed E-state index contributed by atoms with van der Waals surface area (Å²) in [4.78, 5) is 17.7. The topological polar surface area (TPSA) is 41.0 Å². The van der Waals surface area contributed by atoms with Gasteiger partial charge in [-0.1, -0.05) is 26.0 Å². The van der Waals surface area contributed by atoms with E-state index in [0.717, 1.165) is 42.9 Å². The van der Waals surface area contributed by atoms with Crippen LogP contribution < -0.4 is 5.69 Å². The Balaban J connectivity index is 1.71. The van der Waals surface area contributed by atoms with E-state index in [1.807, 2.05) is 28.8 Å². The molecule has 1 N–H and O–H groups in total. The third-order valence-electron chi connectivity index (χ3n) is 4.57. The van der Waals surface area contributed by atoms with Gasteiger partial charge in [-0.3, -0.25) is 4.57 Å². The van der Waals surface area contributed by atoms with Crippen molar-refractivity contribution in [2.24, 2.45) is 5.92 Å². The first-order valence-corrected chi connectivity index (χ1v) is 8.07. The molecule has 1 saturated heterocycles. The fourth-order valence-electron chi connectivity index (χ4n) is 3.28. The number of fused-ring (bicyclic) bond motifs is 1. The fraction of sp³-hybridized carbons (Fsp3) is 0.588. The summed E-state index contributed by atoms with van der Waals surface area (Å²) < 4.78 is 1.97. The lowest BCUT2D eigenvalue weighted by Gasteiger charge is -2.32. The van der Waals surface area contributed by atoms with E-state index >= 15 is 0 Å². The Morgan fingerprint density at radius 3 is 2.67 bits per heavy atom. The van der Waals surface area contributed by atoms with Crippen LogP contribution in [0.15, 0.2) is 29.1 Å². The number of imidazole rings is 1. The summed E-state index contributed by atoms with van der Waals surface area (Å²) in [7, 11) is 0. The Morgan fingerprint density at radius 2 is 1.95 bits per heavy atom. The third kappa shape index (κ3) is 3.05. The molecule has 2 heterocycles. The van der Waals surface area contributed by atoms with Gasteiger partial charge in [-0.2, -0.15) is 0 Å². The SMILES string of the molecule is CC(C)CCN1CCC(n2c(=O)[nH]c3ccccc32)CC1. The van der Waals surface area contributed by atoms with Crippen LogP contribution in [0.3, 0.4) is 0 Å². The van der Waals surface area contributed by atoms with Gasteiger partial charge in [-0.15, -0.1) is 0 Å². The summed E-state index contributed by atoms with van der Waals surface area (Å²) in [6.45, 7) is 7.94. The van der Waals surface area contributed by atoms with Gasteiger partial charge in [0.2, 0.25) is 0 Å². The first kappa shape index (κ1) is 14.4. The van der Waals surface area contributed by atoms with Gasteiger partial charge in [0.05, 0.1) is 11.0 Å². The van der Waals surface area contributed by atoms with Gasteiger partial charge in [0.15, 0.2) is 0 Å². The quantitative estimate of drug-likeness (QED) is 0.939. The molecule has 4 heteroatoms. The summed E-state index contributed by atoms with van der Waals surface area (Å²) >= 11 is 0. The zero-order valence-electron chi connectivity index (χ0n) is 13.0. The van der Waals surface area contributed by atoms with Crippen LogP contribution in [0.2, 0.25) is 0 Å². The van der Waals surface area contributed by atoms with Crippen molar-refractivity contribution in [2.75, 3.05) is 19.6 Å². The molecule has 1 fully saturated rings. The van der Waals surface area contributed by atoms with Crippen LogP contribution in [0.5, 0.6) is 0 Å². The number of likely N-dealkylation sites (tertiary alicyclic amines) is 1. The van der Waals surface area contributed by atoms with E-state index in [1.165, 1.54) is 13.0 Å². The van der Waals surface area contributed by atoms with E-state index < -0.39 is 0 Å². The Morgan fingerprint density at radius 1 is 1.24 bits per heavy atom. The highest BCUT2D eigenvalue weighted by atomic mass is 16.1. The van der Waals surface area contributed by atoms with E-state index in [-0.39, 0.29) is 5.69 Å². The number of nitrogens with one attached hydrogen (secondary N) is 1. The highest BCUT2D eigenvalue weighted by Gasteiger charge is 2.23. The highest BCUT2D eigenvalue weighted by Crippen LogP contribution is 2.25. The minimum Gasteiger partial charge on any atom is -0.306 e. The molecule has 0 spiro atoms. The van der Waals surface area contributed by atoms with E-state index in [0.29, 0.717) is 6.04 Å². The second kappa shape index (κ2) is 6.06. The summed E-state index contributed by atoms with van der Waals surface area (Å²) in [5, 5.41) is 0. The molecule has 0 radical (unpaired) electrons. The van der Waals surface area contributed by atoms with Crippen molar-refractivity contribution in [3.05, 3.63) is 34.7 Å². The molecule has 0 unspecified atom stereocenters. The lowest BCUT2D eigenvalue weighted by Crippen LogP contribution is -2.37. The Labute approximate surface area is 125 Å². The van der Waals surface area contributed by atoms with E-state index in [1.54, 1.807) is 0 Å². The molecule has 1 aliphatic heterocycles. The summed E-state index contributed by atoms with van der Waals surface area (Å²) in [6, 6.07) is 8.33. The van der Waals surface area contributed by atoms with Gasteiger partial charge >= 0.3 is 5.69 Å². The average molecular weight is 287 g/mol. The van der Waals surface area contributed by atoms with Crippen LogP contribution in [0.25, 0.3) is 11.0 Å². The number of hydrogen-bond donors (Lipinski definition) is 1. The molecule has 1 aromatic carbocycles. The van der Waals surface area contributed by atoms with Gasteiger partial charge in [-0.05, 0) is 43.9 Å². The molecule has 114 valence electrons. The lowest BCUT2D eigenvalue weighted by molar-refractivity contribution is 0.179. The largest absolute Gasteiger partial charge is 0.326 e. The van der Waals surface area contributed by atoms with Gasteiger partial charge in [0.25, 0.3) is 0 Å². The van der Waals surface area contributed by atoms with Crippen molar-refractivity contribution < 1.29 is 0 Å². The zero-order chi connectivity index (χ0) is 14.8. The van der Waals surface area contributed by atoms with E-state index in [4.69, 9.17) is 0 Å². The molecule has 1 aliphatic rings. The van der Waals surface area contributed by atoms with Crippen LogP contribution >= 0.6 is 0 Å². The molecule has 1 aromatic heterocycles. The summed E-state index contributed by atoms with van der Waals surface area (Å²) in [5.41, 5.74) is 2.03. The maximum atomic E-state index is 12.2. The van der Waals surface area contributed by atoms with Gasteiger partial charge < -0.3 is 9.88 Å². The monoisotopic (exact) mass is 287 g/mol. The number of aromatic amines is 1. The van der Waals surface area contributed by atoms with Crippen LogP contribution in [0.4, 0.5) is 0 Å². The van der Waals surface area contributed by atoms with Gasteiger partial charge in [0.1, 0.15) is 0 Å². The predicted octanol–water partition coefficient (Wildman–Crippen LogP) is 3.01. The molecular formula is C17H25N3O. The number of nitrogens with zero attached hydrogens (tertiary/aromatic N) is 2. The molecule has 4 nitrogen and oxygen atoms in total. The van der Waals surface area contributed by atoms with Crippen molar-refractivity contribution in [3.63, 3.8) is 0 Å². The summed E-state index contributed by atoms with van der Waals surface area (Å²) in [6.07, 6.45) is 3.40. The smallest absolute Gasteiger partial charge is 0.306 e. The number of H-pyrrole nitrogens is 1. The van der Waals surface area contributed by atoms with Crippen molar-refractivity contribution in [1.82, 2.24) is 14.5 Å². The van der Waals surface area contributed by atoms with Crippen LogP contribution in [-0.4, -0.2) is 34.1 Å². The van der Waals surface area contributed by atoms with Crippen LogP contribution in [-0.2, 0) is 0 Å². The first-order chi connectivity index (χ1) is 10.1. The molecule has 0 amide bonds.